The molecule has 2 aliphatic rings. The van der Waals surface area contributed by atoms with E-state index in [9.17, 15) is 9.59 Å². The molecule has 0 radical (unpaired) electrons. The molecular formula is C41H52O5Si. The van der Waals surface area contributed by atoms with E-state index in [4.69, 9.17) is 13.9 Å². The highest BCUT2D eigenvalue weighted by atomic mass is 28.4. The van der Waals surface area contributed by atoms with Gasteiger partial charge < -0.3 is 13.9 Å². The first-order chi connectivity index (χ1) is 22.6. The second-order valence-electron chi connectivity index (χ2n) is 14.4. The van der Waals surface area contributed by atoms with Crippen LogP contribution in [0.25, 0.3) is 0 Å². The van der Waals surface area contributed by atoms with Gasteiger partial charge in [-0.25, -0.2) is 4.79 Å². The molecule has 6 heteroatoms. The number of fused-ring (bicyclic) bond motifs is 1. The van der Waals surface area contributed by atoms with Gasteiger partial charge in [-0.15, -0.1) is 0 Å². The zero-order chi connectivity index (χ0) is 33.4. The SMILES string of the molecule is CCCCC/C=C/[C@@H](OC(C)=O)[C@@H]1[C@H]2C[C@@H](O[Si](c3ccccc3)(c3ccccc3)C(C)(C)C)C[C@H]2C[C@H]1OC(=O)c1ccccc1. The van der Waals surface area contributed by atoms with E-state index in [0.29, 0.717) is 11.5 Å². The average molecular weight is 653 g/mol. The van der Waals surface area contributed by atoms with Crippen molar-refractivity contribution in [3.63, 3.8) is 0 Å². The van der Waals surface area contributed by atoms with Crippen LogP contribution in [0.5, 0.6) is 0 Å². The van der Waals surface area contributed by atoms with Crippen LogP contribution in [0.2, 0.25) is 5.04 Å². The Morgan fingerprint density at radius 3 is 2.00 bits per heavy atom. The molecule has 0 heterocycles. The molecule has 5 nitrogen and oxygen atoms in total. The maximum Gasteiger partial charge on any atom is 0.338 e. The smallest absolute Gasteiger partial charge is 0.338 e. The van der Waals surface area contributed by atoms with Crippen LogP contribution in [0.3, 0.4) is 0 Å². The van der Waals surface area contributed by atoms with E-state index in [1.165, 1.54) is 17.3 Å². The molecule has 47 heavy (non-hydrogen) atoms. The number of carbonyl (C=O) groups excluding carboxylic acids is 2. The average Bonchev–Trinajstić information content (AvgIpc) is 3.60. The van der Waals surface area contributed by atoms with Crippen LogP contribution < -0.4 is 10.4 Å². The van der Waals surface area contributed by atoms with E-state index < -0.39 is 14.4 Å². The first-order valence-electron chi connectivity index (χ1n) is 17.5. The first-order valence-corrected chi connectivity index (χ1v) is 19.4. The van der Waals surface area contributed by atoms with E-state index in [1.807, 2.05) is 18.2 Å². The summed E-state index contributed by atoms with van der Waals surface area (Å²) < 4.78 is 19.9. The molecule has 0 unspecified atom stereocenters. The lowest BCUT2D eigenvalue weighted by Gasteiger charge is -2.45. The van der Waals surface area contributed by atoms with Crippen molar-refractivity contribution in [2.24, 2.45) is 17.8 Å². The number of rotatable bonds is 13. The highest BCUT2D eigenvalue weighted by molar-refractivity contribution is 6.99. The zero-order valence-electron chi connectivity index (χ0n) is 28.8. The summed E-state index contributed by atoms with van der Waals surface area (Å²) in [6.45, 7) is 10.6. The molecule has 2 fully saturated rings. The third kappa shape index (κ3) is 7.98. The topological polar surface area (TPSA) is 61.8 Å². The monoisotopic (exact) mass is 652 g/mol. The molecule has 0 aromatic heterocycles. The molecule has 0 spiro atoms. The number of carbonyl (C=O) groups is 2. The maximum atomic E-state index is 13.4. The molecule has 2 aliphatic carbocycles. The lowest BCUT2D eigenvalue weighted by molar-refractivity contribution is -0.148. The summed E-state index contributed by atoms with van der Waals surface area (Å²) >= 11 is 0. The molecule has 0 amide bonds. The summed E-state index contributed by atoms with van der Waals surface area (Å²) in [5.74, 6) is -0.302. The highest BCUT2D eigenvalue weighted by Gasteiger charge is 2.57. The van der Waals surface area contributed by atoms with Gasteiger partial charge in [0.25, 0.3) is 8.32 Å². The van der Waals surface area contributed by atoms with Crippen molar-refractivity contribution in [3.8, 4) is 0 Å². The first kappa shape index (κ1) is 34.8. The number of allylic oxidation sites excluding steroid dienone is 1. The third-order valence-corrected chi connectivity index (χ3v) is 15.3. The second-order valence-corrected chi connectivity index (χ2v) is 18.7. The molecule has 250 valence electrons. The van der Waals surface area contributed by atoms with Crippen LogP contribution in [0.1, 0.15) is 89.9 Å². The Kier molecular flexibility index (Phi) is 11.6. The minimum atomic E-state index is -2.74. The van der Waals surface area contributed by atoms with E-state index in [0.717, 1.165) is 44.9 Å². The fraction of sp³-hybridized carbons (Fsp3) is 0.463. The molecular weight excluding hydrogens is 601 g/mol. The summed E-state index contributed by atoms with van der Waals surface area (Å²) in [4.78, 5) is 25.8. The second kappa shape index (κ2) is 15.6. The van der Waals surface area contributed by atoms with Crippen molar-refractivity contribution in [1.82, 2.24) is 0 Å². The molecule has 6 atom stereocenters. The van der Waals surface area contributed by atoms with Crippen molar-refractivity contribution in [1.29, 1.82) is 0 Å². The van der Waals surface area contributed by atoms with Gasteiger partial charge in [0.1, 0.15) is 12.2 Å². The van der Waals surface area contributed by atoms with Gasteiger partial charge >= 0.3 is 11.9 Å². The number of unbranched alkanes of at least 4 members (excludes halogenated alkanes) is 3. The van der Waals surface area contributed by atoms with Crippen molar-refractivity contribution in [2.75, 3.05) is 0 Å². The van der Waals surface area contributed by atoms with Crippen LogP contribution >= 0.6 is 0 Å². The van der Waals surface area contributed by atoms with Gasteiger partial charge in [0, 0.05) is 18.9 Å². The van der Waals surface area contributed by atoms with Gasteiger partial charge in [-0.05, 0) is 77.6 Å². The normalized spacial score (nSPS) is 23.4. The van der Waals surface area contributed by atoms with Gasteiger partial charge in [0.15, 0.2) is 0 Å². The van der Waals surface area contributed by atoms with Gasteiger partial charge in [-0.1, -0.05) is 125 Å². The molecule has 3 aromatic rings. The van der Waals surface area contributed by atoms with Crippen LogP contribution in [0.4, 0.5) is 0 Å². The quantitative estimate of drug-likeness (QED) is 0.0805. The summed E-state index contributed by atoms with van der Waals surface area (Å²) in [5, 5.41) is 2.42. The van der Waals surface area contributed by atoms with E-state index >= 15 is 0 Å². The molecule has 0 saturated heterocycles. The number of ether oxygens (including phenoxy) is 2. The number of benzene rings is 3. The molecule has 3 aromatic carbocycles. The van der Waals surface area contributed by atoms with Crippen molar-refractivity contribution in [3.05, 3.63) is 109 Å². The molecule has 0 aliphatic heterocycles. The van der Waals surface area contributed by atoms with Gasteiger partial charge in [0.05, 0.1) is 5.56 Å². The molecule has 0 N–H and O–H groups in total. The summed E-state index contributed by atoms with van der Waals surface area (Å²) in [6, 6.07) is 30.8. The Morgan fingerprint density at radius 2 is 1.45 bits per heavy atom. The Bertz CT molecular complexity index is 1430. The van der Waals surface area contributed by atoms with E-state index in [1.54, 1.807) is 12.1 Å². The molecule has 5 rings (SSSR count). The Hall–Kier alpha value is -3.48. The third-order valence-electron chi connectivity index (χ3n) is 10.2. The fourth-order valence-corrected chi connectivity index (χ4v) is 12.9. The minimum absolute atomic E-state index is 0.0380. The van der Waals surface area contributed by atoms with Crippen molar-refractivity contribution < 1.29 is 23.5 Å². The number of hydrogen-bond acceptors (Lipinski definition) is 5. The predicted octanol–water partition coefficient (Wildman–Crippen LogP) is 8.27. The van der Waals surface area contributed by atoms with E-state index in [-0.39, 0.29) is 41.0 Å². The van der Waals surface area contributed by atoms with Gasteiger partial charge in [-0.2, -0.15) is 0 Å². The summed E-state index contributed by atoms with van der Waals surface area (Å²) in [7, 11) is -2.74. The van der Waals surface area contributed by atoms with Gasteiger partial charge in [-0.3, -0.25) is 4.79 Å². The lowest BCUT2D eigenvalue weighted by Crippen LogP contribution is -2.67. The standard InChI is InChI=1S/C41H52O5Si/c1-6-7-8-9-19-26-37(44-30(2)42)39-36-29-33(27-32(36)28-38(39)45-40(43)31-20-13-10-14-21-31)46-47(41(3,4)5,34-22-15-11-16-23-34)35-24-17-12-18-25-35/h10-26,32-33,36-39H,6-9,27-29H2,1-5H3/b26-19+/t32-,33-,36-,37+,38+,39-/m0/s1. The fourth-order valence-electron chi connectivity index (χ4n) is 8.16. The number of hydrogen-bond donors (Lipinski definition) is 0. The molecule has 2 saturated carbocycles. The highest BCUT2D eigenvalue weighted by Crippen LogP contribution is 2.53. The van der Waals surface area contributed by atoms with Gasteiger partial charge in [0.2, 0.25) is 0 Å². The van der Waals surface area contributed by atoms with Crippen molar-refractivity contribution in [2.45, 2.75) is 103 Å². The predicted molar refractivity (Wildman–Crippen MR) is 191 cm³/mol. The van der Waals surface area contributed by atoms with E-state index in [2.05, 4.69) is 101 Å². The molecule has 0 bridgehead atoms. The Labute approximate surface area is 282 Å². The van der Waals surface area contributed by atoms with Crippen LogP contribution in [0.15, 0.2) is 103 Å². The summed E-state index contributed by atoms with van der Waals surface area (Å²) in [6.07, 6.45) is 10.2. The van der Waals surface area contributed by atoms with Crippen LogP contribution in [-0.4, -0.2) is 38.6 Å². The maximum absolute atomic E-state index is 13.4. The van der Waals surface area contributed by atoms with Crippen LogP contribution in [0, 0.1) is 17.8 Å². The lowest BCUT2D eigenvalue weighted by atomic mass is 9.86. The van der Waals surface area contributed by atoms with Crippen LogP contribution in [-0.2, 0) is 18.7 Å². The largest absolute Gasteiger partial charge is 0.458 e. The Balaban J connectivity index is 1.47. The zero-order valence-corrected chi connectivity index (χ0v) is 29.8. The number of esters is 2. The summed E-state index contributed by atoms with van der Waals surface area (Å²) in [5.41, 5.74) is 0.537. The van der Waals surface area contributed by atoms with Crippen molar-refractivity contribution >= 4 is 30.6 Å². The Morgan fingerprint density at radius 1 is 0.851 bits per heavy atom. The minimum Gasteiger partial charge on any atom is -0.458 e.